The lowest BCUT2D eigenvalue weighted by molar-refractivity contribution is -0.186. The first-order valence-corrected chi connectivity index (χ1v) is 8.98. The molecular formula is C15H22N2O6S. The number of nitrogens with one attached hydrogen (secondary N) is 1. The van der Waals surface area contributed by atoms with Gasteiger partial charge in [0, 0.05) is 32.7 Å². The highest BCUT2D eigenvalue weighted by atomic mass is 32.2. The fraction of sp³-hybridized carbons (Fsp3) is 0.533. The molecular weight excluding hydrogens is 336 g/mol. The molecule has 9 heteroatoms. The van der Waals surface area contributed by atoms with E-state index in [0.717, 1.165) is 17.1 Å². The lowest BCUT2D eigenvalue weighted by Gasteiger charge is -2.22. The normalized spacial score (nSPS) is 18.4. The van der Waals surface area contributed by atoms with Crippen molar-refractivity contribution >= 4 is 15.9 Å². The van der Waals surface area contributed by atoms with Gasteiger partial charge in [0.05, 0.1) is 7.11 Å². The van der Waals surface area contributed by atoms with Crippen LogP contribution in [0.25, 0.3) is 0 Å². The zero-order chi connectivity index (χ0) is 17.7. The minimum absolute atomic E-state index is 0.0865. The second-order valence-corrected chi connectivity index (χ2v) is 7.62. The Morgan fingerprint density at radius 2 is 2.08 bits per heavy atom. The molecule has 1 heterocycles. The van der Waals surface area contributed by atoms with Crippen LogP contribution < -0.4 is 10.2 Å². The molecule has 24 heavy (non-hydrogen) atoms. The van der Waals surface area contributed by atoms with Crippen molar-refractivity contribution in [2.75, 3.05) is 27.8 Å². The van der Waals surface area contributed by atoms with Crippen LogP contribution in [0.3, 0.4) is 0 Å². The van der Waals surface area contributed by atoms with Gasteiger partial charge in [0.25, 0.3) is 5.91 Å². The molecule has 0 radical (unpaired) electrons. The molecule has 0 aliphatic carbocycles. The molecule has 134 valence electrons. The lowest BCUT2D eigenvalue weighted by atomic mass is 10.2. The molecule has 0 aromatic heterocycles. The molecule has 1 atom stereocenters. The smallest absolute Gasteiger partial charge is 0.274 e. The molecule has 1 N–H and O–H groups in total. The standard InChI is InChI=1S/C15H22N2O6S/c1-17(2)24(19,20)13-10-11(7-8-12(13)21-3)15(18)16-23-14-6-4-5-9-22-14/h7-8,10,14H,4-6,9H2,1-3H3,(H,16,18). The van der Waals surface area contributed by atoms with Gasteiger partial charge in [-0.25, -0.2) is 23.0 Å². The van der Waals surface area contributed by atoms with E-state index in [1.54, 1.807) is 0 Å². The van der Waals surface area contributed by atoms with E-state index in [2.05, 4.69) is 5.48 Å². The number of hydroxylamine groups is 1. The van der Waals surface area contributed by atoms with Crippen molar-refractivity contribution in [3.63, 3.8) is 0 Å². The number of carbonyl (C=O) groups is 1. The van der Waals surface area contributed by atoms with Crippen LogP contribution in [-0.4, -0.2) is 52.7 Å². The number of sulfonamides is 1. The van der Waals surface area contributed by atoms with E-state index in [1.165, 1.54) is 39.4 Å². The zero-order valence-electron chi connectivity index (χ0n) is 13.9. The Labute approximate surface area is 141 Å². The van der Waals surface area contributed by atoms with Crippen LogP contribution in [0.4, 0.5) is 0 Å². The molecule has 1 aromatic rings. The molecule has 8 nitrogen and oxygen atoms in total. The van der Waals surface area contributed by atoms with Crippen LogP contribution in [0.1, 0.15) is 29.6 Å². The summed E-state index contributed by atoms with van der Waals surface area (Å²) in [6, 6.07) is 4.16. The monoisotopic (exact) mass is 358 g/mol. The van der Waals surface area contributed by atoms with Gasteiger partial charge < -0.3 is 9.47 Å². The molecule has 0 saturated carbocycles. The number of hydrogen-bond donors (Lipinski definition) is 1. The van der Waals surface area contributed by atoms with Crippen LogP contribution in [0, 0.1) is 0 Å². The lowest BCUT2D eigenvalue weighted by Crippen LogP contribution is -2.33. The maximum Gasteiger partial charge on any atom is 0.274 e. The molecule has 0 bridgehead atoms. The van der Waals surface area contributed by atoms with Crippen molar-refractivity contribution in [2.45, 2.75) is 30.4 Å². The number of methoxy groups -OCH3 is 1. The van der Waals surface area contributed by atoms with Gasteiger partial charge in [-0.2, -0.15) is 0 Å². The molecule has 0 spiro atoms. The van der Waals surface area contributed by atoms with Crippen LogP contribution in [0.5, 0.6) is 5.75 Å². The van der Waals surface area contributed by atoms with Gasteiger partial charge in [-0.1, -0.05) is 0 Å². The third-order valence-electron chi connectivity index (χ3n) is 3.61. The molecule has 1 unspecified atom stereocenters. The van der Waals surface area contributed by atoms with Crippen molar-refractivity contribution in [3.8, 4) is 5.75 Å². The topological polar surface area (TPSA) is 94.2 Å². The highest BCUT2D eigenvalue weighted by Gasteiger charge is 2.24. The Morgan fingerprint density at radius 1 is 1.33 bits per heavy atom. The number of nitrogens with zero attached hydrogens (tertiary/aromatic N) is 1. The summed E-state index contributed by atoms with van der Waals surface area (Å²) in [4.78, 5) is 17.3. The number of rotatable bonds is 6. The average molecular weight is 358 g/mol. The van der Waals surface area contributed by atoms with Crippen LogP contribution in [0.15, 0.2) is 23.1 Å². The fourth-order valence-electron chi connectivity index (χ4n) is 2.20. The van der Waals surface area contributed by atoms with Gasteiger partial charge >= 0.3 is 0 Å². The second-order valence-electron chi connectivity index (χ2n) is 5.50. The van der Waals surface area contributed by atoms with E-state index in [-0.39, 0.29) is 16.2 Å². The van der Waals surface area contributed by atoms with Gasteiger partial charge in [0.15, 0.2) is 6.29 Å². The van der Waals surface area contributed by atoms with Crippen LogP contribution in [0.2, 0.25) is 0 Å². The number of amides is 1. The summed E-state index contributed by atoms with van der Waals surface area (Å²) < 4.78 is 36.2. The number of benzene rings is 1. The predicted molar refractivity (Wildman–Crippen MR) is 86.0 cm³/mol. The van der Waals surface area contributed by atoms with E-state index in [0.29, 0.717) is 13.0 Å². The highest BCUT2D eigenvalue weighted by Crippen LogP contribution is 2.27. The molecule has 1 saturated heterocycles. The van der Waals surface area contributed by atoms with E-state index in [9.17, 15) is 13.2 Å². The number of carbonyl (C=O) groups excluding carboxylic acids is 1. The maximum atomic E-state index is 12.4. The van der Waals surface area contributed by atoms with Crippen molar-refractivity contribution in [3.05, 3.63) is 23.8 Å². The summed E-state index contributed by atoms with van der Waals surface area (Å²) in [5.74, 6) is -0.390. The largest absolute Gasteiger partial charge is 0.495 e. The van der Waals surface area contributed by atoms with Crippen molar-refractivity contribution in [2.24, 2.45) is 0 Å². The van der Waals surface area contributed by atoms with Gasteiger partial charge in [-0.3, -0.25) is 4.79 Å². The number of ether oxygens (including phenoxy) is 2. The third kappa shape index (κ3) is 4.23. The van der Waals surface area contributed by atoms with E-state index in [1.807, 2.05) is 0 Å². The Morgan fingerprint density at radius 3 is 2.67 bits per heavy atom. The summed E-state index contributed by atoms with van der Waals surface area (Å²) in [5.41, 5.74) is 2.45. The molecule has 1 amide bonds. The van der Waals surface area contributed by atoms with Crippen LogP contribution in [-0.2, 0) is 19.6 Å². The zero-order valence-corrected chi connectivity index (χ0v) is 14.8. The minimum Gasteiger partial charge on any atom is -0.495 e. The second kappa shape index (κ2) is 7.93. The molecule has 1 aromatic carbocycles. The van der Waals surface area contributed by atoms with E-state index >= 15 is 0 Å². The quantitative estimate of drug-likeness (QED) is 0.766. The Balaban J connectivity index is 2.16. The Hall–Kier alpha value is -1.68. The highest BCUT2D eigenvalue weighted by molar-refractivity contribution is 7.89. The van der Waals surface area contributed by atoms with Gasteiger partial charge in [0.2, 0.25) is 10.0 Å². The number of hydrogen-bond acceptors (Lipinski definition) is 6. The minimum atomic E-state index is -3.75. The first kappa shape index (κ1) is 18.7. The molecule has 1 aliphatic rings. The summed E-state index contributed by atoms with van der Waals surface area (Å²) in [5, 5.41) is 0. The summed E-state index contributed by atoms with van der Waals surface area (Å²) >= 11 is 0. The Kier molecular flexibility index (Phi) is 6.16. The molecule has 1 aliphatic heterocycles. The van der Waals surface area contributed by atoms with Gasteiger partial charge in [-0.05, 0) is 31.0 Å². The van der Waals surface area contributed by atoms with E-state index < -0.39 is 22.2 Å². The van der Waals surface area contributed by atoms with Crippen LogP contribution >= 0.6 is 0 Å². The van der Waals surface area contributed by atoms with Crippen molar-refractivity contribution < 1.29 is 27.5 Å². The summed E-state index contributed by atoms with van der Waals surface area (Å²) in [6.45, 7) is 0.592. The first-order chi connectivity index (χ1) is 11.4. The third-order valence-corrected chi connectivity index (χ3v) is 5.44. The average Bonchev–Trinajstić information content (AvgIpc) is 2.59. The molecule has 2 rings (SSSR count). The Bertz CT molecular complexity index is 683. The van der Waals surface area contributed by atoms with Crippen molar-refractivity contribution in [1.82, 2.24) is 9.79 Å². The predicted octanol–water partition coefficient (Wildman–Crippen LogP) is 1.13. The summed E-state index contributed by atoms with van der Waals surface area (Å²) in [6.07, 6.45) is 2.15. The van der Waals surface area contributed by atoms with Crippen molar-refractivity contribution in [1.29, 1.82) is 0 Å². The first-order valence-electron chi connectivity index (χ1n) is 7.54. The van der Waals surface area contributed by atoms with Gasteiger partial charge in [-0.15, -0.1) is 0 Å². The SMILES string of the molecule is COc1ccc(C(=O)NOC2CCCCO2)cc1S(=O)(=O)N(C)C. The summed E-state index contributed by atoms with van der Waals surface area (Å²) in [7, 11) is 0.436. The maximum absolute atomic E-state index is 12.4. The molecule has 1 fully saturated rings. The van der Waals surface area contributed by atoms with Gasteiger partial charge in [0.1, 0.15) is 10.6 Å². The fourth-order valence-corrected chi connectivity index (χ4v) is 3.27. The van der Waals surface area contributed by atoms with E-state index in [4.69, 9.17) is 14.3 Å².